The van der Waals surface area contributed by atoms with Gasteiger partial charge >= 0.3 is 0 Å². The van der Waals surface area contributed by atoms with E-state index < -0.39 is 0 Å². The normalized spacial score (nSPS) is 16.1. The number of hydrogen-bond acceptors (Lipinski definition) is 3. The maximum Gasteiger partial charge on any atom is 0.248 e. The number of ether oxygens (including phenoxy) is 1. The third-order valence-electron chi connectivity index (χ3n) is 4.14. The summed E-state index contributed by atoms with van der Waals surface area (Å²) in [6.07, 6.45) is 9.34. The maximum absolute atomic E-state index is 12.4. The molecule has 1 N–H and O–H groups in total. The molecule has 0 spiro atoms. The molecule has 4 heteroatoms. The average Bonchev–Trinajstić information content (AvgIpc) is 2.52. The van der Waals surface area contributed by atoms with Crippen LogP contribution in [-0.2, 0) is 9.53 Å². The number of carbonyl (C=O) groups is 1. The summed E-state index contributed by atoms with van der Waals surface area (Å²) in [4.78, 5) is 14.4. The molecule has 1 aliphatic rings. The Balaban J connectivity index is 2.29. The molecule has 1 heterocycles. The Morgan fingerprint density at radius 3 is 2.14 bits per heavy atom. The first-order valence-electron chi connectivity index (χ1n) is 8.88. The molecule has 1 rings (SSSR count). The van der Waals surface area contributed by atoms with Crippen LogP contribution in [0.2, 0.25) is 0 Å². The van der Waals surface area contributed by atoms with Crippen molar-refractivity contribution in [2.75, 3.05) is 32.8 Å². The first kappa shape index (κ1) is 18.4. The standard InChI is InChI=1S/C17H34N2O2/c1-3-5-7-13-19(14-8-6-4-2)17(20)15-21-16-9-11-18-12-10-16/h16,18H,3-15H2,1-2H3. The van der Waals surface area contributed by atoms with Crippen molar-refractivity contribution in [1.29, 1.82) is 0 Å². The lowest BCUT2D eigenvalue weighted by Gasteiger charge is -2.26. The van der Waals surface area contributed by atoms with Crippen molar-refractivity contribution >= 4 is 5.91 Å². The lowest BCUT2D eigenvalue weighted by atomic mass is 10.1. The summed E-state index contributed by atoms with van der Waals surface area (Å²) < 4.78 is 5.81. The van der Waals surface area contributed by atoms with E-state index in [9.17, 15) is 4.79 Å². The minimum absolute atomic E-state index is 0.181. The molecule has 1 fully saturated rings. The Bertz CT molecular complexity index is 256. The van der Waals surface area contributed by atoms with Gasteiger partial charge in [-0.25, -0.2) is 0 Å². The van der Waals surface area contributed by atoms with Crippen LogP contribution in [0.25, 0.3) is 0 Å². The van der Waals surface area contributed by atoms with E-state index in [4.69, 9.17) is 4.74 Å². The SMILES string of the molecule is CCCCCN(CCCCC)C(=O)COC1CCNCC1. The summed E-state index contributed by atoms with van der Waals surface area (Å²) in [5, 5.41) is 3.32. The molecule has 0 aromatic rings. The van der Waals surface area contributed by atoms with Gasteiger partial charge in [0.25, 0.3) is 0 Å². The number of nitrogens with one attached hydrogen (secondary N) is 1. The van der Waals surface area contributed by atoms with Crippen LogP contribution in [0.5, 0.6) is 0 Å². The predicted octanol–water partition coefficient (Wildman–Crippen LogP) is 2.96. The molecule has 21 heavy (non-hydrogen) atoms. The Kier molecular flexibility index (Phi) is 10.5. The molecule has 124 valence electrons. The summed E-state index contributed by atoms with van der Waals surface area (Å²) in [5.74, 6) is 0.181. The highest BCUT2D eigenvalue weighted by Gasteiger charge is 2.18. The molecule has 1 aliphatic heterocycles. The Morgan fingerprint density at radius 2 is 1.62 bits per heavy atom. The molecule has 0 aliphatic carbocycles. The zero-order valence-electron chi connectivity index (χ0n) is 14.0. The van der Waals surface area contributed by atoms with E-state index in [1.54, 1.807) is 0 Å². The highest BCUT2D eigenvalue weighted by atomic mass is 16.5. The minimum Gasteiger partial charge on any atom is -0.368 e. The van der Waals surface area contributed by atoms with Gasteiger partial charge in [-0.1, -0.05) is 39.5 Å². The van der Waals surface area contributed by atoms with Crippen molar-refractivity contribution in [3.05, 3.63) is 0 Å². The van der Waals surface area contributed by atoms with E-state index in [1.807, 2.05) is 4.90 Å². The third-order valence-corrected chi connectivity index (χ3v) is 4.14. The molecular formula is C17H34N2O2. The van der Waals surface area contributed by atoms with Gasteiger partial charge in [-0.2, -0.15) is 0 Å². The van der Waals surface area contributed by atoms with Gasteiger partial charge in [0.15, 0.2) is 0 Å². The fourth-order valence-electron chi connectivity index (χ4n) is 2.71. The average molecular weight is 298 g/mol. The molecule has 1 saturated heterocycles. The predicted molar refractivity (Wildman–Crippen MR) is 87.5 cm³/mol. The molecule has 0 aromatic carbocycles. The monoisotopic (exact) mass is 298 g/mol. The molecular weight excluding hydrogens is 264 g/mol. The van der Waals surface area contributed by atoms with E-state index in [0.717, 1.165) is 51.9 Å². The highest BCUT2D eigenvalue weighted by Crippen LogP contribution is 2.09. The molecule has 1 amide bonds. The number of piperidine rings is 1. The van der Waals surface area contributed by atoms with Crippen LogP contribution in [0.1, 0.15) is 65.2 Å². The lowest BCUT2D eigenvalue weighted by Crippen LogP contribution is -2.38. The van der Waals surface area contributed by atoms with Crippen molar-refractivity contribution in [2.45, 2.75) is 71.3 Å². The smallest absolute Gasteiger partial charge is 0.248 e. The van der Waals surface area contributed by atoms with E-state index in [1.165, 1.54) is 25.7 Å². The first-order valence-corrected chi connectivity index (χ1v) is 8.88. The van der Waals surface area contributed by atoms with Crippen molar-refractivity contribution in [2.24, 2.45) is 0 Å². The molecule has 0 unspecified atom stereocenters. The fourth-order valence-corrected chi connectivity index (χ4v) is 2.71. The van der Waals surface area contributed by atoms with Crippen LogP contribution < -0.4 is 5.32 Å². The van der Waals surface area contributed by atoms with Gasteiger partial charge in [-0.3, -0.25) is 4.79 Å². The summed E-state index contributed by atoms with van der Waals surface area (Å²) >= 11 is 0. The Hall–Kier alpha value is -0.610. The quantitative estimate of drug-likeness (QED) is 0.596. The van der Waals surface area contributed by atoms with E-state index in [2.05, 4.69) is 19.2 Å². The highest BCUT2D eigenvalue weighted by molar-refractivity contribution is 5.77. The van der Waals surface area contributed by atoms with E-state index >= 15 is 0 Å². The number of hydrogen-bond donors (Lipinski definition) is 1. The molecule has 0 saturated carbocycles. The number of amides is 1. The molecule has 0 radical (unpaired) electrons. The van der Waals surface area contributed by atoms with Crippen LogP contribution in [0.4, 0.5) is 0 Å². The van der Waals surface area contributed by atoms with Crippen LogP contribution in [0.15, 0.2) is 0 Å². The second kappa shape index (κ2) is 12.0. The van der Waals surface area contributed by atoms with Crippen LogP contribution in [0.3, 0.4) is 0 Å². The largest absolute Gasteiger partial charge is 0.368 e. The first-order chi connectivity index (χ1) is 10.3. The Labute approximate surface area is 130 Å². The summed E-state index contributed by atoms with van der Waals surface area (Å²) in [6, 6.07) is 0. The van der Waals surface area contributed by atoms with Crippen LogP contribution in [0, 0.1) is 0 Å². The third kappa shape index (κ3) is 8.42. The molecule has 0 aromatic heterocycles. The van der Waals surface area contributed by atoms with Crippen molar-refractivity contribution in [3.63, 3.8) is 0 Å². The second-order valence-electron chi connectivity index (χ2n) is 6.06. The van der Waals surface area contributed by atoms with Crippen molar-refractivity contribution in [1.82, 2.24) is 10.2 Å². The zero-order chi connectivity index (χ0) is 15.3. The fraction of sp³-hybridized carbons (Fsp3) is 0.941. The summed E-state index contributed by atoms with van der Waals surface area (Å²) in [6.45, 7) is 8.47. The lowest BCUT2D eigenvalue weighted by molar-refractivity contribution is -0.138. The molecule has 4 nitrogen and oxygen atoms in total. The van der Waals surface area contributed by atoms with Gasteiger partial charge in [0.05, 0.1) is 6.10 Å². The molecule has 0 atom stereocenters. The zero-order valence-corrected chi connectivity index (χ0v) is 14.0. The van der Waals surface area contributed by atoms with Gasteiger partial charge in [0.1, 0.15) is 6.61 Å². The summed E-state index contributed by atoms with van der Waals surface area (Å²) in [7, 11) is 0. The van der Waals surface area contributed by atoms with Gasteiger partial charge in [-0.15, -0.1) is 0 Å². The number of nitrogens with zero attached hydrogens (tertiary/aromatic N) is 1. The van der Waals surface area contributed by atoms with Gasteiger partial charge in [0, 0.05) is 13.1 Å². The maximum atomic E-state index is 12.4. The topological polar surface area (TPSA) is 41.6 Å². The van der Waals surface area contributed by atoms with E-state index in [0.29, 0.717) is 0 Å². The second-order valence-corrected chi connectivity index (χ2v) is 6.06. The Morgan fingerprint density at radius 1 is 1.05 bits per heavy atom. The van der Waals surface area contributed by atoms with Gasteiger partial charge in [0.2, 0.25) is 5.91 Å². The van der Waals surface area contributed by atoms with Gasteiger partial charge in [-0.05, 0) is 38.8 Å². The van der Waals surface area contributed by atoms with Crippen LogP contribution >= 0.6 is 0 Å². The van der Waals surface area contributed by atoms with Crippen LogP contribution in [-0.4, -0.2) is 49.7 Å². The summed E-state index contributed by atoms with van der Waals surface area (Å²) in [5.41, 5.74) is 0. The van der Waals surface area contributed by atoms with Crippen molar-refractivity contribution < 1.29 is 9.53 Å². The number of rotatable bonds is 11. The molecule has 0 bridgehead atoms. The van der Waals surface area contributed by atoms with Gasteiger partial charge < -0.3 is 15.0 Å². The van der Waals surface area contributed by atoms with E-state index in [-0.39, 0.29) is 18.6 Å². The number of carbonyl (C=O) groups excluding carboxylic acids is 1. The minimum atomic E-state index is 0.181. The number of unbranched alkanes of at least 4 members (excludes halogenated alkanes) is 4. The van der Waals surface area contributed by atoms with Crippen molar-refractivity contribution in [3.8, 4) is 0 Å².